The van der Waals surface area contributed by atoms with Gasteiger partial charge in [-0.2, -0.15) is 0 Å². The highest BCUT2D eigenvalue weighted by atomic mass is 16.5. The fraction of sp³-hybridized carbons (Fsp3) is 0.533. The Morgan fingerprint density at radius 3 is 2.74 bits per heavy atom. The van der Waals surface area contributed by atoms with Crippen LogP contribution < -0.4 is 10.6 Å². The summed E-state index contributed by atoms with van der Waals surface area (Å²) in [4.78, 5) is 12.2. The normalized spacial score (nSPS) is 12.0. The van der Waals surface area contributed by atoms with Crippen molar-refractivity contribution in [1.29, 1.82) is 0 Å². The SMILES string of the molecule is CCNc1cc(C)ccc1C(=O)NCC(C)OCC. The van der Waals surface area contributed by atoms with Gasteiger partial charge in [0, 0.05) is 25.4 Å². The van der Waals surface area contributed by atoms with E-state index in [0.29, 0.717) is 18.7 Å². The maximum absolute atomic E-state index is 12.2. The molecule has 2 N–H and O–H groups in total. The fourth-order valence-electron chi connectivity index (χ4n) is 1.87. The molecule has 1 atom stereocenters. The topological polar surface area (TPSA) is 50.4 Å². The Hall–Kier alpha value is -1.55. The maximum atomic E-state index is 12.2. The Bertz CT molecular complexity index is 419. The molecule has 0 saturated carbocycles. The number of amides is 1. The van der Waals surface area contributed by atoms with E-state index in [-0.39, 0.29) is 12.0 Å². The summed E-state index contributed by atoms with van der Waals surface area (Å²) in [7, 11) is 0. The van der Waals surface area contributed by atoms with Crippen LogP contribution in [0.4, 0.5) is 5.69 Å². The number of anilines is 1. The molecular formula is C15H24N2O2. The van der Waals surface area contributed by atoms with Crippen LogP contribution in [-0.4, -0.2) is 31.7 Å². The molecule has 1 aromatic carbocycles. The Kier molecular flexibility index (Phi) is 6.36. The van der Waals surface area contributed by atoms with Gasteiger partial charge in [-0.3, -0.25) is 4.79 Å². The summed E-state index contributed by atoms with van der Waals surface area (Å²) in [6, 6.07) is 5.79. The number of ether oxygens (including phenoxy) is 1. The minimum Gasteiger partial charge on any atom is -0.385 e. The van der Waals surface area contributed by atoms with Crippen LogP contribution in [0.3, 0.4) is 0 Å². The van der Waals surface area contributed by atoms with Crippen LogP contribution in [-0.2, 0) is 4.74 Å². The molecule has 106 valence electrons. The summed E-state index contributed by atoms with van der Waals surface area (Å²) in [6.45, 7) is 9.89. The summed E-state index contributed by atoms with van der Waals surface area (Å²) in [5.74, 6) is -0.0671. The van der Waals surface area contributed by atoms with Crippen molar-refractivity contribution in [3.63, 3.8) is 0 Å². The van der Waals surface area contributed by atoms with Gasteiger partial charge < -0.3 is 15.4 Å². The van der Waals surface area contributed by atoms with Crippen molar-refractivity contribution in [1.82, 2.24) is 5.32 Å². The highest BCUT2D eigenvalue weighted by Gasteiger charge is 2.12. The zero-order chi connectivity index (χ0) is 14.3. The summed E-state index contributed by atoms with van der Waals surface area (Å²) in [6.07, 6.45) is 0.0296. The molecule has 19 heavy (non-hydrogen) atoms. The first kappa shape index (κ1) is 15.5. The molecule has 0 aromatic heterocycles. The Morgan fingerprint density at radius 2 is 2.11 bits per heavy atom. The molecule has 1 unspecified atom stereocenters. The molecule has 0 aliphatic carbocycles. The molecule has 0 spiro atoms. The lowest BCUT2D eigenvalue weighted by Crippen LogP contribution is -2.32. The number of benzene rings is 1. The van der Waals surface area contributed by atoms with Crippen LogP contribution in [0.25, 0.3) is 0 Å². The van der Waals surface area contributed by atoms with E-state index in [0.717, 1.165) is 17.8 Å². The predicted octanol–water partition coefficient (Wildman–Crippen LogP) is 2.58. The van der Waals surface area contributed by atoms with Crippen molar-refractivity contribution < 1.29 is 9.53 Å². The van der Waals surface area contributed by atoms with Gasteiger partial charge in [-0.05, 0) is 45.4 Å². The van der Waals surface area contributed by atoms with Gasteiger partial charge in [-0.1, -0.05) is 6.07 Å². The zero-order valence-corrected chi connectivity index (χ0v) is 12.2. The van der Waals surface area contributed by atoms with Crippen LogP contribution in [0.5, 0.6) is 0 Å². The van der Waals surface area contributed by atoms with Crippen molar-refractivity contribution in [3.05, 3.63) is 29.3 Å². The first-order valence-corrected chi connectivity index (χ1v) is 6.82. The molecule has 0 aliphatic rings. The third-order valence-corrected chi connectivity index (χ3v) is 2.79. The molecule has 1 aromatic rings. The number of hydrogen-bond donors (Lipinski definition) is 2. The highest BCUT2D eigenvalue weighted by molar-refractivity contribution is 5.99. The molecule has 0 saturated heterocycles. The monoisotopic (exact) mass is 264 g/mol. The van der Waals surface area contributed by atoms with Crippen LogP contribution in [0, 0.1) is 6.92 Å². The number of rotatable bonds is 7. The van der Waals surface area contributed by atoms with E-state index < -0.39 is 0 Å². The van der Waals surface area contributed by atoms with E-state index in [1.807, 2.05) is 45.9 Å². The predicted molar refractivity (Wildman–Crippen MR) is 78.8 cm³/mol. The lowest BCUT2D eigenvalue weighted by molar-refractivity contribution is 0.0695. The first-order chi connectivity index (χ1) is 9.08. The second-order valence-corrected chi connectivity index (χ2v) is 4.56. The molecule has 1 amide bonds. The van der Waals surface area contributed by atoms with E-state index >= 15 is 0 Å². The number of aryl methyl sites for hydroxylation is 1. The van der Waals surface area contributed by atoms with Gasteiger partial charge in [0.1, 0.15) is 0 Å². The van der Waals surface area contributed by atoms with Gasteiger partial charge in [0.2, 0.25) is 0 Å². The molecule has 0 radical (unpaired) electrons. The standard InChI is InChI=1S/C15H24N2O2/c1-5-16-14-9-11(3)7-8-13(14)15(18)17-10-12(4)19-6-2/h7-9,12,16H,5-6,10H2,1-4H3,(H,17,18). The van der Waals surface area contributed by atoms with Gasteiger partial charge >= 0.3 is 0 Å². The van der Waals surface area contributed by atoms with Crippen molar-refractivity contribution >= 4 is 11.6 Å². The molecule has 0 fully saturated rings. The molecular weight excluding hydrogens is 240 g/mol. The van der Waals surface area contributed by atoms with E-state index in [4.69, 9.17) is 4.74 Å². The Morgan fingerprint density at radius 1 is 1.37 bits per heavy atom. The maximum Gasteiger partial charge on any atom is 0.253 e. The third-order valence-electron chi connectivity index (χ3n) is 2.79. The third kappa shape index (κ3) is 4.91. The van der Waals surface area contributed by atoms with Crippen LogP contribution in [0.2, 0.25) is 0 Å². The summed E-state index contributed by atoms with van der Waals surface area (Å²) >= 11 is 0. The molecule has 4 nitrogen and oxygen atoms in total. The van der Waals surface area contributed by atoms with E-state index in [1.54, 1.807) is 0 Å². The average molecular weight is 264 g/mol. The van der Waals surface area contributed by atoms with Gasteiger partial charge in [0.05, 0.1) is 11.7 Å². The Labute approximate surface area is 115 Å². The second kappa shape index (κ2) is 7.79. The van der Waals surface area contributed by atoms with Gasteiger partial charge in [-0.25, -0.2) is 0 Å². The van der Waals surface area contributed by atoms with Crippen LogP contribution >= 0.6 is 0 Å². The van der Waals surface area contributed by atoms with Crippen LogP contribution in [0.15, 0.2) is 18.2 Å². The summed E-state index contributed by atoms with van der Waals surface area (Å²) in [5.41, 5.74) is 2.69. The van der Waals surface area contributed by atoms with E-state index in [1.165, 1.54) is 0 Å². The zero-order valence-electron chi connectivity index (χ0n) is 12.2. The molecule has 0 heterocycles. The number of carbonyl (C=O) groups is 1. The van der Waals surface area contributed by atoms with Crippen molar-refractivity contribution in [2.45, 2.75) is 33.8 Å². The van der Waals surface area contributed by atoms with Crippen molar-refractivity contribution in [2.75, 3.05) is 25.0 Å². The smallest absolute Gasteiger partial charge is 0.253 e. The lowest BCUT2D eigenvalue weighted by Gasteiger charge is -2.15. The molecule has 0 bridgehead atoms. The van der Waals surface area contributed by atoms with Gasteiger partial charge in [0.15, 0.2) is 0 Å². The van der Waals surface area contributed by atoms with Crippen molar-refractivity contribution in [3.8, 4) is 0 Å². The van der Waals surface area contributed by atoms with E-state index in [2.05, 4.69) is 10.6 Å². The molecule has 0 aliphatic heterocycles. The lowest BCUT2D eigenvalue weighted by atomic mass is 10.1. The average Bonchev–Trinajstić information content (AvgIpc) is 2.37. The van der Waals surface area contributed by atoms with E-state index in [9.17, 15) is 4.79 Å². The van der Waals surface area contributed by atoms with Crippen LogP contribution in [0.1, 0.15) is 36.7 Å². The number of hydrogen-bond acceptors (Lipinski definition) is 3. The second-order valence-electron chi connectivity index (χ2n) is 4.56. The summed E-state index contributed by atoms with van der Waals surface area (Å²) < 4.78 is 5.39. The summed E-state index contributed by atoms with van der Waals surface area (Å²) in [5, 5.41) is 6.12. The van der Waals surface area contributed by atoms with Gasteiger partial charge in [-0.15, -0.1) is 0 Å². The number of carbonyl (C=O) groups excluding carboxylic acids is 1. The molecule has 1 rings (SSSR count). The minimum absolute atomic E-state index is 0.0296. The largest absolute Gasteiger partial charge is 0.385 e. The first-order valence-electron chi connectivity index (χ1n) is 6.82. The fourth-order valence-corrected chi connectivity index (χ4v) is 1.87. The minimum atomic E-state index is -0.0671. The molecule has 4 heteroatoms. The van der Waals surface area contributed by atoms with Gasteiger partial charge in [0.25, 0.3) is 5.91 Å². The quantitative estimate of drug-likeness (QED) is 0.796. The Balaban J connectivity index is 2.70. The highest BCUT2D eigenvalue weighted by Crippen LogP contribution is 2.17. The number of nitrogens with one attached hydrogen (secondary N) is 2. The van der Waals surface area contributed by atoms with Crippen molar-refractivity contribution in [2.24, 2.45) is 0 Å².